The molecule has 0 unspecified atom stereocenters. The topological polar surface area (TPSA) is 66.8 Å². The molecule has 0 aromatic heterocycles. The molecule has 0 spiro atoms. The molecule has 0 aromatic carbocycles. The SMILES string of the molecule is C=CCOC(=O)N1CC2(C)CC(C(=O)O)(C1)C2. The van der Waals surface area contributed by atoms with Crippen LogP contribution in [0.5, 0.6) is 0 Å². The van der Waals surface area contributed by atoms with Crippen molar-refractivity contribution >= 4 is 12.1 Å². The minimum absolute atomic E-state index is 0.0656. The van der Waals surface area contributed by atoms with Gasteiger partial charge in [-0.25, -0.2) is 4.79 Å². The first-order valence-corrected chi connectivity index (χ1v) is 5.67. The zero-order chi connectivity index (χ0) is 12.7. The van der Waals surface area contributed by atoms with Crippen molar-refractivity contribution in [1.82, 2.24) is 4.90 Å². The molecule has 0 radical (unpaired) electrons. The number of ether oxygens (including phenoxy) is 1. The van der Waals surface area contributed by atoms with E-state index in [9.17, 15) is 14.7 Å². The fraction of sp³-hybridized carbons (Fsp3) is 0.667. The molecule has 2 saturated heterocycles. The lowest BCUT2D eigenvalue weighted by Gasteiger charge is -2.59. The van der Waals surface area contributed by atoms with Gasteiger partial charge >= 0.3 is 12.1 Å². The molecule has 1 N–H and O–H groups in total. The fourth-order valence-corrected chi connectivity index (χ4v) is 3.26. The van der Waals surface area contributed by atoms with Gasteiger partial charge in [0, 0.05) is 13.1 Å². The van der Waals surface area contributed by atoms with Crippen LogP contribution in [-0.2, 0) is 9.53 Å². The molecular weight excluding hydrogens is 222 g/mol. The van der Waals surface area contributed by atoms with E-state index in [1.807, 2.05) is 6.92 Å². The molecule has 5 nitrogen and oxygen atoms in total. The first-order chi connectivity index (χ1) is 7.91. The number of rotatable bonds is 3. The van der Waals surface area contributed by atoms with Gasteiger partial charge in [0.1, 0.15) is 6.61 Å². The van der Waals surface area contributed by atoms with Crippen LogP contribution in [0, 0.1) is 10.8 Å². The van der Waals surface area contributed by atoms with Crippen molar-refractivity contribution in [2.24, 2.45) is 10.8 Å². The zero-order valence-corrected chi connectivity index (χ0v) is 9.94. The highest BCUT2D eigenvalue weighted by Gasteiger charge is 2.62. The van der Waals surface area contributed by atoms with Gasteiger partial charge in [0.25, 0.3) is 0 Å². The number of carboxylic acids is 1. The molecule has 3 aliphatic rings. The molecule has 1 amide bonds. The fourth-order valence-electron chi connectivity index (χ4n) is 3.26. The average molecular weight is 239 g/mol. The third-order valence-electron chi connectivity index (χ3n) is 3.63. The maximum absolute atomic E-state index is 11.7. The molecule has 17 heavy (non-hydrogen) atoms. The Bertz CT molecular complexity index is 371. The molecule has 94 valence electrons. The summed E-state index contributed by atoms with van der Waals surface area (Å²) in [6.45, 7) is 6.48. The van der Waals surface area contributed by atoms with Gasteiger partial charge in [-0.2, -0.15) is 0 Å². The van der Waals surface area contributed by atoms with Crippen LogP contribution in [0.15, 0.2) is 12.7 Å². The van der Waals surface area contributed by atoms with Crippen LogP contribution in [0.4, 0.5) is 4.79 Å². The van der Waals surface area contributed by atoms with E-state index in [1.54, 1.807) is 0 Å². The van der Waals surface area contributed by atoms with Crippen LogP contribution in [0.1, 0.15) is 19.8 Å². The van der Waals surface area contributed by atoms with E-state index < -0.39 is 17.5 Å². The zero-order valence-electron chi connectivity index (χ0n) is 9.94. The lowest BCUT2D eigenvalue weighted by molar-refractivity contribution is -0.180. The highest BCUT2D eigenvalue weighted by atomic mass is 16.6. The molecule has 1 saturated carbocycles. The molecule has 2 heterocycles. The van der Waals surface area contributed by atoms with E-state index in [0.29, 0.717) is 19.4 Å². The summed E-state index contributed by atoms with van der Waals surface area (Å²) in [6.07, 6.45) is 2.36. The second-order valence-electron chi connectivity index (χ2n) is 5.47. The number of hydrogen-bond acceptors (Lipinski definition) is 3. The third-order valence-corrected chi connectivity index (χ3v) is 3.63. The summed E-state index contributed by atoms with van der Waals surface area (Å²) in [5.74, 6) is -0.809. The number of carbonyl (C=O) groups excluding carboxylic acids is 1. The van der Waals surface area contributed by atoms with E-state index in [4.69, 9.17) is 4.74 Å². The highest BCUT2D eigenvalue weighted by Crippen LogP contribution is 2.58. The monoisotopic (exact) mass is 239 g/mol. The van der Waals surface area contributed by atoms with Gasteiger partial charge in [0.15, 0.2) is 0 Å². The Kier molecular flexibility index (Phi) is 2.64. The van der Waals surface area contributed by atoms with E-state index in [0.717, 1.165) is 0 Å². The summed E-state index contributed by atoms with van der Waals surface area (Å²) in [5.41, 5.74) is -0.815. The highest BCUT2D eigenvalue weighted by molar-refractivity contribution is 5.79. The summed E-state index contributed by atoms with van der Waals surface area (Å²) < 4.78 is 4.95. The number of fused-ring (bicyclic) bond motifs is 2. The van der Waals surface area contributed by atoms with Gasteiger partial charge in [-0.15, -0.1) is 0 Å². The Labute approximate surface area is 100 Å². The number of carboxylic acid groups (broad SMARTS) is 1. The summed E-state index contributed by atoms with van der Waals surface area (Å²) in [7, 11) is 0. The minimum atomic E-state index is -0.809. The number of piperidine rings is 2. The maximum atomic E-state index is 11.7. The smallest absolute Gasteiger partial charge is 0.410 e. The molecular formula is C12H17NO4. The summed E-state index contributed by atoms with van der Waals surface area (Å²) in [6, 6.07) is 0. The second kappa shape index (κ2) is 3.75. The first-order valence-electron chi connectivity index (χ1n) is 5.67. The molecule has 0 atom stereocenters. The number of hydrogen-bond donors (Lipinski definition) is 1. The largest absolute Gasteiger partial charge is 0.481 e. The molecule has 5 heteroatoms. The summed E-state index contributed by atoms with van der Waals surface area (Å²) in [4.78, 5) is 24.4. The predicted octanol–water partition coefficient (Wildman–Crippen LogP) is 1.50. The predicted molar refractivity (Wildman–Crippen MR) is 60.5 cm³/mol. The average Bonchev–Trinajstić information content (AvgIpc) is 2.23. The number of nitrogens with zero attached hydrogens (tertiary/aromatic N) is 1. The van der Waals surface area contributed by atoms with Crippen molar-refractivity contribution in [2.45, 2.75) is 19.8 Å². The Balaban J connectivity index is 2.05. The van der Waals surface area contributed by atoms with Gasteiger partial charge in [-0.1, -0.05) is 19.6 Å². The lowest BCUT2D eigenvalue weighted by Crippen LogP contribution is -2.65. The first kappa shape index (κ1) is 12.0. The second-order valence-corrected chi connectivity index (χ2v) is 5.47. The van der Waals surface area contributed by atoms with Crippen molar-refractivity contribution in [3.05, 3.63) is 12.7 Å². The van der Waals surface area contributed by atoms with Gasteiger partial charge < -0.3 is 14.7 Å². The van der Waals surface area contributed by atoms with Crippen molar-refractivity contribution in [2.75, 3.05) is 19.7 Å². The lowest BCUT2D eigenvalue weighted by atomic mass is 9.50. The standard InChI is InChI=1S/C12H17NO4/c1-3-4-17-10(16)13-7-11(2)5-12(6-11,8-13)9(14)15/h3H,1,4-8H2,2H3,(H,14,15). The summed E-state index contributed by atoms with van der Waals surface area (Å²) in [5, 5.41) is 9.23. The number of carbonyl (C=O) groups is 2. The molecule has 3 rings (SSSR count). The molecule has 0 aromatic rings. The van der Waals surface area contributed by atoms with Crippen LogP contribution in [0.3, 0.4) is 0 Å². The molecule has 3 fully saturated rings. The van der Waals surface area contributed by atoms with Crippen molar-refractivity contribution < 1.29 is 19.4 Å². The van der Waals surface area contributed by atoms with Crippen LogP contribution >= 0.6 is 0 Å². The Hall–Kier alpha value is -1.52. The number of amides is 1. The molecule has 2 bridgehead atoms. The van der Waals surface area contributed by atoms with Crippen molar-refractivity contribution in [1.29, 1.82) is 0 Å². The van der Waals surface area contributed by atoms with Gasteiger partial charge in [-0.05, 0) is 18.3 Å². The Morgan fingerprint density at radius 3 is 2.65 bits per heavy atom. The van der Waals surface area contributed by atoms with Gasteiger partial charge in [0.05, 0.1) is 5.41 Å². The van der Waals surface area contributed by atoms with Crippen molar-refractivity contribution in [3.63, 3.8) is 0 Å². The Morgan fingerprint density at radius 2 is 2.12 bits per heavy atom. The van der Waals surface area contributed by atoms with Gasteiger partial charge in [-0.3, -0.25) is 4.79 Å². The van der Waals surface area contributed by atoms with E-state index in [2.05, 4.69) is 6.58 Å². The van der Waals surface area contributed by atoms with Crippen molar-refractivity contribution in [3.8, 4) is 0 Å². The van der Waals surface area contributed by atoms with Crippen LogP contribution < -0.4 is 0 Å². The van der Waals surface area contributed by atoms with E-state index in [1.165, 1.54) is 11.0 Å². The molecule has 1 aliphatic carbocycles. The Morgan fingerprint density at radius 1 is 1.47 bits per heavy atom. The van der Waals surface area contributed by atoms with E-state index >= 15 is 0 Å². The molecule has 2 aliphatic heterocycles. The maximum Gasteiger partial charge on any atom is 0.410 e. The summed E-state index contributed by atoms with van der Waals surface area (Å²) >= 11 is 0. The normalized spacial score (nSPS) is 34.8. The van der Waals surface area contributed by atoms with Gasteiger partial charge in [0.2, 0.25) is 0 Å². The van der Waals surface area contributed by atoms with Crippen LogP contribution in [0.25, 0.3) is 0 Å². The minimum Gasteiger partial charge on any atom is -0.481 e. The quantitative estimate of drug-likeness (QED) is 0.758. The number of aliphatic carboxylic acids is 1. The van der Waals surface area contributed by atoms with Crippen LogP contribution in [-0.4, -0.2) is 41.8 Å². The van der Waals surface area contributed by atoms with Crippen LogP contribution in [0.2, 0.25) is 0 Å². The van der Waals surface area contributed by atoms with E-state index in [-0.39, 0.29) is 18.6 Å². The third kappa shape index (κ3) is 1.90.